The van der Waals surface area contributed by atoms with Crippen LogP contribution in [0.1, 0.15) is 18.9 Å². The summed E-state index contributed by atoms with van der Waals surface area (Å²) >= 11 is 5.89. The van der Waals surface area contributed by atoms with Crippen molar-refractivity contribution in [1.82, 2.24) is 20.3 Å². The number of hydrogen-bond donors (Lipinski definition) is 2. The SMILES string of the molecule is CC1(c2ccccc2)NC(=O)N(NC(=O)CCn2c(=O)oc3cc(Cl)ccc32)C1=O. The average molecular weight is 429 g/mol. The molecule has 1 aromatic heterocycles. The lowest BCUT2D eigenvalue weighted by molar-refractivity contribution is -0.139. The van der Waals surface area contributed by atoms with Gasteiger partial charge in [-0.25, -0.2) is 9.59 Å². The van der Waals surface area contributed by atoms with Gasteiger partial charge < -0.3 is 9.73 Å². The fourth-order valence-corrected chi connectivity index (χ4v) is 3.52. The predicted octanol–water partition coefficient (Wildman–Crippen LogP) is 2.14. The second-order valence-corrected chi connectivity index (χ2v) is 7.41. The smallest absolute Gasteiger partial charge is 0.408 e. The number of amides is 4. The first kappa shape index (κ1) is 19.7. The van der Waals surface area contributed by atoms with E-state index in [9.17, 15) is 19.2 Å². The number of aryl methyl sites for hydroxylation is 1. The molecule has 1 aliphatic rings. The van der Waals surface area contributed by atoms with Gasteiger partial charge in [-0.3, -0.25) is 19.6 Å². The van der Waals surface area contributed by atoms with Crippen LogP contribution in [0.5, 0.6) is 0 Å². The van der Waals surface area contributed by atoms with E-state index in [1.54, 1.807) is 49.4 Å². The monoisotopic (exact) mass is 428 g/mol. The number of imide groups is 1. The Hall–Kier alpha value is -3.59. The van der Waals surface area contributed by atoms with Gasteiger partial charge in [0, 0.05) is 24.1 Å². The molecule has 2 N–H and O–H groups in total. The minimum absolute atomic E-state index is 0.00109. The van der Waals surface area contributed by atoms with Gasteiger partial charge in [0.15, 0.2) is 5.58 Å². The Balaban J connectivity index is 1.46. The van der Waals surface area contributed by atoms with E-state index in [1.165, 1.54) is 10.6 Å². The van der Waals surface area contributed by atoms with Crippen molar-refractivity contribution in [2.75, 3.05) is 0 Å². The highest BCUT2D eigenvalue weighted by molar-refractivity contribution is 6.31. The summed E-state index contributed by atoms with van der Waals surface area (Å²) in [5, 5.41) is 3.68. The molecular formula is C20H17ClN4O5. The van der Waals surface area contributed by atoms with Gasteiger partial charge >= 0.3 is 11.8 Å². The molecule has 10 heteroatoms. The fraction of sp³-hybridized carbons (Fsp3) is 0.200. The molecule has 0 radical (unpaired) electrons. The Labute approximate surface area is 175 Å². The van der Waals surface area contributed by atoms with Crippen LogP contribution in [-0.4, -0.2) is 27.4 Å². The summed E-state index contributed by atoms with van der Waals surface area (Å²) in [6.45, 7) is 1.57. The van der Waals surface area contributed by atoms with Crippen LogP contribution in [-0.2, 0) is 21.7 Å². The lowest BCUT2D eigenvalue weighted by Gasteiger charge is -2.22. The van der Waals surface area contributed by atoms with E-state index in [-0.39, 0.29) is 13.0 Å². The topological polar surface area (TPSA) is 114 Å². The summed E-state index contributed by atoms with van der Waals surface area (Å²) in [7, 11) is 0. The Bertz CT molecular complexity index is 1220. The molecule has 154 valence electrons. The molecule has 0 aliphatic carbocycles. The lowest BCUT2D eigenvalue weighted by Crippen LogP contribution is -2.48. The number of carbonyl (C=O) groups excluding carboxylic acids is 3. The number of benzene rings is 2. The number of hydrazine groups is 1. The summed E-state index contributed by atoms with van der Waals surface area (Å²) < 4.78 is 6.40. The molecule has 0 bridgehead atoms. The maximum Gasteiger partial charge on any atom is 0.419 e. The molecule has 2 aromatic carbocycles. The lowest BCUT2D eigenvalue weighted by atomic mass is 9.92. The van der Waals surface area contributed by atoms with Crippen molar-refractivity contribution in [3.63, 3.8) is 0 Å². The summed E-state index contributed by atoms with van der Waals surface area (Å²) in [5.74, 6) is -1.84. The first-order chi connectivity index (χ1) is 14.3. The number of fused-ring (bicyclic) bond motifs is 1. The molecule has 30 heavy (non-hydrogen) atoms. The van der Waals surface area contributed by atoms with Crippen LogP contribution in [0.2, 0.25) is 5.02 Å². The molecule has 1 fully saturated rings. The van der Waals surface area contributed by atoms with Crippen molar-refractivity contribution in [3.8, 4) is 0 Å². The Morgan fingerprint density at radius 3 is 2.63 bits per heavy atom. The van der Waals surface area contributed by atoms with Crippen LogP contribution >= 0.6 is 11.6 Å². The van der Waals surface area contributed by atoms with Gasteiger partial charge in [-0.15, -0.1) is 0 Å². The number of nitrogens with zero attached hydrogens (tertiary/aromatic N) is 2. The Kier molecular flexibility index (Phi) is 4.83. The average Bonchev–Trinajstić information content (AvgIpc) is 3.14. The van der Waals surface area contributed by atoms with E-state index in [1.807, 2.05) is 0 Å². The fourth-order valence-electron chi connectivity index (χ4n) is 3.35. The molecule has 1 aliphatic heterocycles. The quantitative estimate of drug-likeness (QED) is 0.604. The predicted molar refractivity (Wildman–Crippen MR) is 107 cm³/mol. The molecule has 4 amide bonds. The van der Waals surface area contributed by atoms with Crippen molar-refractivity contribution >= 4 is 40.5 Å². The normalized spacial score (nSPS) is 18.7. The molecule has 2 heterocycles. The van der Waals surface area contributed by atoms with Gasteiger partial charge in [0.1, 0.15) is 5.54 Å². The minimum Gasteiger partial charge on any atom is -0.408 e. The second-order valence-electron chi connectivity index (χ2n) is 6.98. The molecule has 3 aromatic rings. The van der Waals surface area contributed by atoms with Crippen LogP contribution in [0.25, 0.3) is 11.1 Å². The van der Waals surface area contributed by atoms with Gasteiger partial charge in [0.05, 0.1) is 5.52 Å². The van der Waals surface area contributed by atoms with Gasteiger partial charge in [-0.05, 0) is 24.6 Å². The molecule has 1 saturated heterocycles. The first-order valence-corrected chi connectivity index (χ1v) is 9.48. The maximum absolute atomic E-state index is 12.8. The van der Waals surface area contributed by atoms with Crippen LogP contribution in [0.15, 0.2) is 57.7 Å². The molecule has 1 unspecified atom stereocenters. The van der Waals surface area contributed by atoms with Crippen molar-refractivity contribution in [2.45, 2.75) is 25.4 Å². The number of nitrogens with one attached hydrogen (secondary N) is 2. The van der Waals surface area contributed by atoms with E-state index < -0.39 is 29.1 Å². The third-order valence-electron chi connectivity index (χ3n) is 4.97. The second kappa shape index (κ2) is 7.34. The van der Waals surface area contributed by atoms with E-state index in [4.69, 9.17) is 16.0 Å². The van der Waals surface area contributed by atoms with Crippen molar-refractivity contribution in [2.24, 2.45) is 0 Å². The van der Waals surface area contributed by atoms with E-state index in [0.717, 1.165) is 0 Å². The maximum atomic E-state index is 12.8. The zero-order chi connectivity index (χ0) is 21.5. The van der Waals surface area contributed by atoms with Crippen LogP contribution in [0.3, 0.4) is 0 Å². The Morgan fingerprint density at radius 1 is 1.17 bits per heavy atom. The highest BCUT2D eigenvalue weighted by atomic mass is 35.5. The third kappa shape index (κ3) is 3.33. The highest BCUT2D eigenvalue weighted by Crippen LogP contribution is 2.27. The zero-order valence-corrected chi connectivity index (χ0v) is 16.6. The van der Waals surface area contributed by atoms with Gasteiger partial charge in [-0.1, -0.05) is 41.9 Å². The van der Waals surface area contributed by atoms with Gasteiger partial charge in [-0.2, -0.15) is 5.01 Å². The molecule has 4 rings (SSSR count). The van der Waals surface area contributed by atoms with E-state index in [2.05, 4.69) is 10.7 Å². The number of urea groups is 1. The standard InChI is InChI=1S/C20H17ClN4O5/c1-20(12-5-3-2-4-6-12)17(27)25(18(28)22-20)23-16(26)9-10-24-14-8-7-13(21)11-15(14)30-19(24)29/h2-8,11H,9-10H2,1H3,(H,22,28)(H,23,26). The molecular weight excluding hydrogens is 412 g/mol. The van der Waals surface area contributed by atoms with E-state index in [0.29, 0.717) is 26.7 Å². The summed E-state index contributed by atoms with van der Waals surface area (Å²) in [4.78, 5) is 49.5. The van der Waals surface area contributed by atoms with Crippen molar-refractivity contribution in [1.29, 1.82) is 0 Å². The molecule has 9 nitrogen and oxygen atoms in total. The largest absolute Gasteiger partial charge is 0.419 e. The summed E-state index contributed by atoms with van der Waals surface area (Å²) in [6.07, 6.45) is -0.156. The van der Waals surface area contributed by atoms with Gasteiger partial charge in [0.25, 0.3) is 5.91 Å². The number of carbonyl (C=O) groups is 3. The van der Waals surface area contributed by atoms with Crippen LogP contribution in [0.4, 0.5) is 4.79 Å². The molecule has 0 saturated carbocycles. The first-order valence-electron chi connectivity index (χ1n) is 9.10. The van der Waals surface area contributed by atoms with E-state index >= 15 is 0 Å². The van der Waals surface area contributed by atoms with Gasteiger partial charge in [0.2, 0.25) is 5.91 Å². The highest BCUT2D eigenvalue weighted by Gasteiger charge is 2.49. The number of aromatic nitrogens is 1. The van der Waals surface area contributed by atoms with Crippen molar-refractivity contribution in [3.05, 3.63) is 69.7 Å². The summed E-state index contributed by atoms with van der Waals surface area (Å²) in [5.41, 5.74) is 2.41. The summed E-state index contributed by atoms with van der Waals surface area (Å²) in [6, 6.07) is 12.7. The van der Waals surface area contributed by atoms with Crippen LogP contribution in [0, 0.1) is 0 Å². The van der Waals surface area contributed by atoms with Crippen LogP contribution < -0.4 is 16.5 Å². The molecule has 0 spiro atoms. The number of halogens is 1. The number of rotatable bonds is 5. The zero-order valence-electron chi connectivity index (χ0n) is 15.8. The number of hydrogen-bond acceptors (Lipinski definition) is 5. The third-order valence-corrected chi connectivity index (χ3v) is 5.21. The van der Waals surface area contributed by atoms with Crippen molar-refractivity contribution < 1.29 is 18.8 Å². The Morgan fingerprint density at radius 2 is 1.90 bits per heavy atom. The minimum atomic E-state index is -1.29. The molecule has 1 atom stereocenters. The number of oxazole rings is 1.